The summed E-state index contributed by atoms with van der Waals surface area (Å²) in [6, 6.07) is 3.72. The lowest BCUT2D eigenvalue weighted by molar-refractivity contribution is 0.373. The molecule has 0 atom stereocenters. The Morgan fingerprint density at radius 2 is 1.80 bits per heavy atom. The summed E-state index contributed by atoms with van der Waals surface area (Å²) >= 11 is 0. The molecule has 1 aromatic rings. The van der Waals surface area contributed by atoms with E-state index in [9.17, 15) is 5.11 Å². The van der Waals surface area contributed by atoms with E-state index in [-0.39, 0.29) is 5.75 Å². The van der Waals surface area contributed by atoms with Crippen LogP contribution in [-0.4, -0.2) is 12.2 Å². The number of phenols is 1. The zero-order valence-electron chi connectivity index (χ0n) is 9.32. The number of benzene rings is 1. The standard InChI is InChI=1S/C13H16O2/c1-4-6-10-8-11(7-5-2)13(14)12(9-10)15-3/h4-9,14H,1-3H3. The van der Waals surface area contributed by atoms with Gasteiger partial charge in [0.15, 0.2) is 11.5 Å². The van der Waals surface area contributed by atoms with Gasteiger partial charge < -0.3 is 9.84 Å². The summed E-state index contributed by atoms with van der Waals surface area (Å²) in [6.07, 6.45) is 7.65. The molecule has 0 fully saturated rings. The van der Waals surface area contributed by atoms with Crippen LogP contribution in [0.15, 0.2) is 24.3 Å². The van der Waals surface area contributed by atoms with Gasteiger partial charge in [-0.15, -0.1) is 0 Å². The summed E-state index contributed by atoms with van der Waals surface area (Å²) in [5, 5.41) is 9.81. The van der Waals surface area contributed by atoms with Gasteiger partial charge in [-0.05, 0) is 31.5 Å². The Hall–Kier alpha value is -1.70. The number of hydrogen-bond donors (Lipinski definition) is 1. The van der Waals surface area contributed by atoms with E-state index >= 15 is 0 Å². The van der Waals surface area contributed by atoms with E-state index in [0.29, 0.717) is 5.75 Å². The smallest absolute Gasteiger partial charge is 0.165 e. The van der Waals surface area contributed by atoms with Crippen LogP contribution >= 0.6 is 0 Å². The Labute approximate surface area is 90.5 Å². The molecule has 0 aliphatic rings. The second-order valence-corrected chi connectivity index (χ2v) is 3.16. The minimum atomic E-state index is 0.184. The van der Waals surface area contributed by atoms with Crippen molar-refractivity contribution >= 4 is 12.2 Å². The van der Waals surface area contributed by atoms with Crippen LogP contribution in [0.4, 0.5) is 0 Å². The molecule has 2 nitrogen and oxygen atoms in total. The van der Waals surface area contributed by atoms with Gasteiger partial charge in [0.25, 0.3) is 0 Å². The highest BCUT2D eigenvalue weighted by Crippen LogP contribution is 2.32. The highest BCUT2D eigenvalue weighted by molar-refractivity contribution is 5.67. The van der Waals surface area contributed by atoms with Crippen LogP contribution in [-0.2, 0) is 0 Å². The van der Waals surface area contributed by atoms with Gasteiger partial charge in [0.05, 0.1) is 7.11 Å². The molecule has 1 N–H and O–H groups in total. The van der Waals surface area contributed by atoms with Crippen molar-refractivity contribution in [3.63, 3.8) is 0 Å². The first-order valence-corrected chi connectivity index (χ1v) is 4.89. The van der Waals surface area contributed by atoms with E-state index in [1.54, 1.807) is 7.11 Å². The second kappa shape index (κ2) is 5.25. The molecule has 0 bridgehead atoms. The minimum Gasteiger partial charge on any atom is -0.504 e. The highest BCUT2D eigenvalue weighted by atomic mass is 16.5. The second-order valence-electron chi connectivity index (χ2n) is 3.16. The lowest BCUT2D eigenvalue weighted by Gasteiger charge is -2.07. The number of ether oxygens (including phenoxy) is 1. The maximum absolute atomic E-state index is 9.81. The summed E-state index contributed by atoms with van der Waals surface area (Å²) in [7, 11) is 1.55. The van der Waals surface area contributed by atoms with Crippen LogP contribution in [0.5, 0.6) is 11.5 Å². The Morgan fingerprint density at radius 1 is 1.13 bits per heavy atom. The summed E-state index contributed by atoms with van der Waals surface area (Å²) in [4.78, 5) is 0. The molecule has 0 aliphatic heterocycles. The third-order valence-electron chi connectivity index (χ3n) is 2.05. The fourth-order valence-corrected chi connectivity index (χ4v) is 1.40. The van der Waals surface area contributed by atoms with Crippen molar-refractivity contribution in [3.8, 4) is 11.5 Å². The van der Waals surface area contributed by atoms with Gasteiger partial charge in [-0.2, -0.15) is 0 Å². The number of rotatable bonds is 3. The highest BCUT2D eigenvalue weighted by Gasteiger charge is 2.06. The van der Waals surface area contributed by atoms with E-state index in [2.05, 4.69) is 0 Å². The third kappa shape index (κ3) is 2.62. The van der Waals surface area contributed by atoms with E-state index in [1.165, 1.54) is 0 Å². The molecular formula is C13H16O2. The molecule has 1 aromatic carbocycles. The topological polar surface area (TPSA) is 29.5 Å². The van der Waals surface area contributed by atoms with Crippen molar-refractivity contribution in [1.82, 2.24) is 0 Å². The average molecular weight is 204 g/mol. The summed E-state index contributed by atoms with van der Waals surface area (Å²) in [5.41, 5.74) is 1.78. The van der Waals surface area contributed by atoms with Gasteiger partial charge in [0.2, 0.25) is 0 Å². The predicted molar refractivity (Wildman–Crippen MR) is 64.1 cm³/mol. The van der Waals surface area contributed by atoms with Crippen LogP contribution < -0.4 is 4.74 Å². The van der Waals surface area contributed by atoms with E-state index in [0.717, 1.165) is 11.1 Å². The molecule has 15 heavy (non-hydrogen) atoms. The zero-order chi connectivity index (χ0) is 11.3. The number of aromatic hydroxyl groups is 1. The Bertz CT molecular complexity index is 390. The van der Waals surface area contributed by atoms with Crippen LogP contribution in [0.25, 0.3) is 12.2 Å². The van der Waals surface area contributed by atoms with Crippen molar-refractivity contribution < 1.29 is 9.84 Å². The number of allylic oxidation sites excluding steroid dienone is 2. The first-order chi connectivity index (χ1) is 7.22. The van der Waals surface area contributed by atoms with Crippen molar-refractivity contribution in [2.45, 2.75) is 13.8 Å². The van der Waals surface area contributed by atoms with Crippen LogP contribution in [0.2, 0.25) is 0 Å². The molecule has 0 radical (unpaired) electrons. The van der Waals surface area contributed by atoms with Gasteiger partial charge >= 0.3 is 0 Å². The summed E-state index contributed by atoms with van der Waals surface area (Å²) < 4.78 is 5.10. The van der Waals surface area contributed by atoms with Crippen LogP contribution in [0.1, 0.15) is 25.0 Å². The van der Waals surface area contributed by atoms with E-state index < -0.39 is 0 Å². The van der Waals surface area contributed by atoms with Gasteiger partial charge in [-0.25, -0.2) is 0 Å². The van der Waals surface area contributed by atoms with Gasteiger partial charge in [-0.1, -0.05) is 24.3 Å². The lowest BCUT2D eigenvalue weighted by Crippen LogP contribution is -1.87. The van der Waals surface area contributed by atoms with Crippen molar-refractivity contribution in [2.24, 2.45) is 0 Å². The average Bonchev–Trinajstić information content (AvgIpc) is 2.23. The molecule has 0 unspecified atom stereocenters. The van der Waals surface area contributed by atoms with Gasteiger partial charge in [0.1, 0.15) is 0 Å². The first kappa shape index (κ1) is 11.4. The molecule has 1 rings (SSSR count). The minimum absolute atomic E-state index is 0.184. The molecule has 80 valence electrons. The third-order valence-corrected chi connectivity index (χ3v) is 2.05. The Morgan fingerprint density at radius 3 is 2.33 bits per heavy atom. The van der Waals surface area contributed by atoms with Gasteiger partial charge in [0, 0.05) is 5.56 Å². The lowest BCUT2D eigenvalue weighted by atomic mass is 10.1. The molecule has 0 amide bonds. The van der Waals surface area contributed by atoms with Crippen LogP contribution in [0.3, 0.4) is 0 Å². The number of phenolic OH excluding ortho intramolecular Hbond substituents is 1. The SMILES string of the molecule is CC=Cc1cc(C=CC)c(O)c(OC)c1. The Balaban J connectivity index is 3.31. The summed E-state index contributed by atoms with van der Waals surface area (Å²) in [6.45, 7) is 3.86. The molecule has 0 saturated carbocycles. The maximum atomic E-state index is 9.81. The van der Waals surface area contributed by atoms with Crippen molar-refractivity contribution in [2.75, 3.05) is 7.11 Å². The number of methoxy groups -OCH3 is 1. The normalized spacial score (nSPS) is 11.4. The van der Waals surface area contributed by atoms with Gasteiger partial charge in [-0.3, -0.25) is 0 Å². The van der Waals surface area contributed by atoms with Crippen LogP contribution in [0, 0.1) is 0 Å². The van der Waals surface area contributed by atoms with E-state index in [1.807, 2.05) is 50.3 Å². The Kier molecular flexibility index (Phi) is 3.98. The summed E-state index contributed by atoms with van der Waals surface area (Å²) in [5.74, 6) is 0.683. The largest absolute Gasteiger partial charge is 0.504 e. The number of hydrogen-bond acceptors (Lipinski definition) is 2. The first-order valence-electron chi connectivity index (χ1n) is 4.89. The molecule has 0 aliphatic carbocycles. The quantitative estimate of drug-likeness (QED) is 0.816. The molecule has 0 heterocycles. The fraction of sp³-hybridized carbons (Fsp3) is 0.231. The van der Waals surface area contributed by atoms with Crippen molar-refractivity contribution in [3.05, 3.63) is 35.4 Å². The molecular weight excluding hydrogens is 188 g/mol. The molecule has 2 heteroatoms. The molecule has 0 spiro atoms. The molecule has 0 aromatic heterocycles. The fourth-order valence-electron chi connectivity index (χ4n) is 1.40. The zero-order valence-corrected chi connectivity index (χ0v) is 9.32. The molecule has 0 saturated heterocycles. The van der Waals surface area contributed by atoms with E-state index in [4.69, 9.17) is 4.74 Å². The maximum Gasteiger partial charge on any atom is 0.165 e. The van der Waals surface area contributed by atoms with Crippen molar-refractivity contribution in [1.29, 1.82) is 0 Å². The predicted octanol–water partition coefficient (Wildman–Crippen LogP) is 3.47. The monoisotopic (exact) mass is 204 g/mol.